The lowest BCUT2D eigenvalue weighted by Crippen LogP contribution is -2.33. The van der Waals surface area contributed by atoms with Crippen LogP contribution in [0.15, 0.2) is 23.5 Å². The normalized spacial score (nSPS) is 31.2. The van der Waals surface area contributed by atoms with Gasteiger partial charge in [0.2, 0.25) is 0 Å². The molecule has 0 aromatic rings. The van der Waals surface area contributed by atoms with Crippen LogP contribution in [0.25, 0.3) is 0 Å². The maximum absolute atomic E-state index is 5.98. The fourth-order valence-corrected chi connectivity index (χ4v) is 2.46. The van der Waals surface area contributed by atoms with Crippen LogP contribution >= 0.6 is 0 Å². The Morgan fingerprint density at radius 1 is 1.31 bits per heavy atom. The molecule has 0 amide bonds. The standard InChI is InChI=1S/C12H18O/c1-9-8-12(2,3)13-11-7-5-4-6-10(9)11/h4-5,9H,6-8H2,1-3H3. The van der Waals surface area contributed by atoms with Crippen molar-refractivity contribution in [2.45, 2.75) is 45.6 Å². The zero-order valence-corrected chi connectivity index (χ0v) is 8.76. The number of hydrogen-bond donors (Lipinski definition) is 0. The molecule has 1 unspecified atom stereocenters. The summed E-state index contributed by atoms with van der Waals surface area (Å²) < 4.78 is 5.98. The van der Waals surface area contributed by atoms with Crippen LogP contribution in [0.3, 0.4) is 0 Å². The fraction of sp³-hybridized carbons (Fsp3) is 0.667. The molecule has 0 bridgehead atoms. The summed E-state index contributed by atoms with van der Waals surface area (Å²) in [6.45, 7) is 6.69. The predicted molar refractivity (Wildman–Crippen MR) is 54.3 cm³/mol. The van der Waals surface area contributed by atoms with Gasteiger partial charge in [0, 0.05) is 6.42 Å². The molecule has 1 aliphatic heterocycles. The molecule has 72 valence electrons. The molecular formula is C12H18O. The molecule has 1 heteroatoms. The highest BCUT2D eigenvalue weighted by atomic mass is 16.5. The zero-order chi connectivity index (χ0) is 9.47. The highest BCUT2D eigenvalue weighted by Gasteiger charge is 2.32. The Kier molecular flexibility index (Phi) is 1.98. The lowest BCUT2D eigenvalue weighted by Gasteiger charge is -2.39. The van der Waals surface area contributed by atoms with E-state index >= 15 is 0 Å². The Morgan fingerprint density at radius 3 is 2.77 bits per heavy atom. The first-order chi connectivity index (χ1) is 6.08. The fourth-order valence-electron chi connectivity index (χ4n) is 2.46. The molecule has 0 fully saturated rings. The summed E-state index contributed by atoms with van der Waals surface area (Å²) in [5.74, 6) is 1.94. The summed E-state index contributed by atoms with van der Waals surface area (Å²) in [6, 6.07) is 0. The van der Waals surface area contributed by atoms with E-state index in [-0.39, 0.29) is 5.60 Å². The average molecular weight is 178 g/mol. The molecule has 1 atom stereocenters. The molecule has 0 radical (unpaired) electrons. The Labute approximate surface area is 80.5 Å². The largest absolute Gasteiger partial charge is 0.492 e. The zero-order valence-electron chi connectivity index (χ0n) is 8.76. The van der Waals surface area contributed by atoms with Gasteiger partial charge in [-0.3, -0.25) is 0 Å². The van der Waals surface area contributed by atoms with Gasteiger partial charge in [-0.25, -0.2) is 0 Å². The van der Waals surface area contributed by atoms with E-state index in [0.29, 0.717) is 5.92 Å². The van der Waals surface area contributed by atoms with Crippen molar-refractivity contribution in [1.82, 2.24) is 0 Å². The molecule has 0 aromatic heterocycles. The minimum Gasteiger partial charge on any atom is -0.492 e. The van der Waals surface area contributed by atoms with Crippen LogP contribution in [0.5, 0.6) is 0 Å². The summed E-state index contributed by atoms with van der Waals surface area (Å²) >= 11 is 0. The predicted octanol–water partition coefficient (Wildman–Crippen LogP) is 3.43. The maximum Gasteiger partial charge on any atom is 0.104 e. The monoisotopic (exact) mass is 178 g/mol. The van der Waals surface area contributed by atoms with Gasteiger partial charge < -0.3 is 4.74 Å². The molecule has 2 aliphatic rings. The van der Waals surface area contributed by atoms with Crippen molar-refractivity contribution in [1.29, 1.82) is 0 Å². The summed E-state index contributed by atoms with van der Waals surface area (Å²) in [5, 5.41) is 0. The molecule has 1 nitrogen and oxygen atoms in total. The number of allylic oxidation sites excluding steroid dienone is 3. The highest BCUT2D eigenvalue weighted by molar-refractivity contribution is 5.24. The van der Waals surface area contributed by atoms with Crippen LogP contribution in [-0.4, -0.2) is 5.60 Å². The van der Waals surface area contributed by atoms with Gasteiger partial charge in [0.05, 0.1) is 0 Å². The third-order valence-corrected chi connectivity index (χ3v) is 2.96. The van der Waals surface area contributed by atoms with E-state index in [9.17, 15) is 0 Å². The summed E-state index contributed by atoms with van der Waals surface area (Å²) in [6.07, 6.45) is 7.74. The molecule has 1 aliphatic carbocycles. The first-order valence-corrected chi connectivity index (χ1v) is 5.14. The van der Waals surface area contributed by atoms with E-state index in [0.717, 1.165) is 19.3 Å². The maximum atomic E-state index is 5.98. The van der Waals surface area contributed by atoms with Gasteiger partial charge in [-0.2, -0.15) is 0 Å². The topological polar surface area (TPSA) is 9.23 Å². The van der Waals surface area contributed by atoms with E-state index in [2.05, 4.69) is 32.9 Å². The molecule has 0 saturated carbocycles. The van der Waals surface area contributed by atoms with Gasteiger partial charge in [-0.05, 0) is 38.2 Å². The van der Waals surface area contributed by atoms with Gasteiger partial charge in [0.25, 0.3) is 0 Å². The first kappa shape index (κ1) is 8.86. The summed E-state index contributed by atoms with van der Waals surface area (Å²) in [4.78, 5) is 0. The third-order valence-electron chi connectivity index (χ3n) is 2.96. The molecule has 13 heavy (non-hydrogen) atoms. The summed E-state index contributed by atoms with van der Waals surface area (Å²) in [7, 11) is 0. The van der Waals surface area contributed by atoms with Crippen molar-refractivity contribution >= 4 is 0 Å². The second-order valence-corrected chi connectivity index (χ2v) is 4.79. The SMILES string of the molecule is CC1CC(C)(C)OC2=C1CC=CC2. The minimum absolute atomic E-state index is 0.0451. The van der Waals surface area contributed by atoms with E-state index < -0.39 is 0 Å². The molecular weight excluding hydrogens is 160 g/mol. The van der Waals surface area contributed by atoms with Crippen molar-refractivity contribution in [3.63, 3.8) is 0 Å². The molecule has 0 saturated heterocycles. The Bertz CT molecular complexity index is 271. The van der Waals surface area contributed by atoms with Crippen molar-refractivity contribution in [2.75, 3.05) is 0 Å². The Balaban J connectivity index is 2.26. The van der Waals surface area contributed by atoms with Crippen molar-refractivity contribution < 1.29 is 4.74 Å². The lowest BCUT2D eigenvalue weighted by atomic mass is 9.82. The lowest BCUT2D eigenvalue weighted by molar-refractivity contribution is -0.00430. The smallest absolute Gasteiger partial charge is 0.104 e. The molecule has 0 N–H and O–H groups in total. The molecule has 1 heterocycles. The molecule has 2 rings (SSSR count). The van der Waals surface area contributed by atoms with E-state index in [1.54, 1.807) is 0 Å². The number of hydrogen-bond acceptors (Lipinski definition) is 1. The number of ether oxygens (including phenoxy) is 1. The van der Waals surface area contributed by atoms with E-state index in [4.69, 9.17) is 4.74 Å². The minimum atomic E-state index is 0.0451. The van der Waals surface area contributed by atoms with Gasteiger partial charge in [0.15, 0.2) is 0 Å². The van der Waals surface area contributed by atoms with Gasteiger partial charge in [-0.1, -0.05) is 19.1 Å². The highest BCUT2D eigenvalue weighted by Crippen LogP contribution is 2.39. The quantitative estimate of drug-likeness (QED) is 0.516. The van der Waals surface area contributed by atoms with Gasteiger partial charge >= 0.3 is 0 Å². The third kappa shape index (κ3) is 1.65. The van der Waals surface area contributed by atoms with Crippen LogP contribution in [-0.2, 0) is 4.74 Å². The van der Waals surface area contributed by atoms with Gasteiger partial charge in [0.1, 0.15) is 11.4 Å². The second kappa shape index (κ2) is 2.90. The van der Waals surface area contributed by atoms with Crippen LogP contribution in [0.1, 0.15) is 40.0 Å². The van der Waals surface area contributed by atoms with E-state index in [1.165, 1.54) is 11.3 Å². The molecule has 0 aromatic carbocycles. The van der Waals surface area contributed by atoms with Gasteiger partial charge in [-0.15, -0.1) is 0 Å². The van der Waals surface area contributed by atoms with Crippen molar-refractivity contribution in [3.8, 4) is 0 Å². The second-order valence-electron chi connectivity index (χ2n) is 4.79. The first-order valence-electron chi connectivity index (χ1n) is 5.14. The van der Waals surface area contributed by atoms with Crippen molar-refractivity contribution in [2.24, 2.45) is 5.92 Å². The average Bonchev–Trinajstić information content (AvgIpc) is 2.02. The van der Waals surface area contributed by atoms with Crippen LogP contribution in [0, 0.1) is 5.92 Å². The van der Waals surface area contributed by atoms with Crippen LogP contribution < -0.4 is 0 Å². The van der Waals surface area contributed by atoms with Crippen molar-refractivity contribution in [3.05, 3.63) is 23.5 Å². The van der Waals surface area contributed by atoms with E-state index in [1.807, 2.05) is 0 Å². The Hall–Kier alpha value is -0.720. The Morgan fingerprint density at radius 2 is 2.00 bits per heavy atom. The van der Waals surface area contributed by atoms with Crippen LogP contribution in [0.2, 0.25) is 0 Å². The number of rotatable bonds is 0. The molecule has 0 spiro atoms. The summed E-state index contributed by atoms with van der Waals surface area (Å²) in [5.41, 5.74) is 1.57. The van der Waals surface area contributed by atoms with Crippen LogP contribution in [0.4, 0.5) is 0 Å².